The third kappa shape index (κ3) is 5.16. The van der Waals surface area contributed by atoms with Crippen LogP contribution in [0.25, 0.3) is 0 Å². The summed E-state index contributed by atoms with van der Waals surface area (Å²) in [5, 5.41) is 7.07. The van der Waals surface area contributed by atoms with Gasteiger partial charge in [0.1, 0.15) is 12.7 Å². The molecule has 2 aromatic rings. The zero-order valence-corrected chi connectivity index (χ0v) is 13.7. The summed E-state index contributed by atoms with van der Waals surface area (Å²) in [5.41, 5.74) is 8.05. The number of benzene rings is 1. The second-order valence-electron chi connectivity index (χ2n) is 4.10. The van der Waals surface area contributed by atoms with Gasteiger partial charge in [-0.15, -0.1) is 24.0 Å². The number of nitrogens with one attached hydrogen (secondary N) is 1. The quantitative estimate of drug-likeness (QED) is 0.467. The lowest BCUT2D eigenvalue weighted by Gasteiger charge is -2.07. The molecule has 2 rings (SSSR count). The number of guanidine groups is 1. The highest BCUT2D eigenvalue weighted by molar-refractivity contribution is 14.0. The molecule has 0 radical (unpaired) electrons. The van der Waals surface area contributed by atoms with Gasteiger partial charge in [-0.05, 0) is 24.1 Å². The maximum atomic E-state index is 5.83. The number of aryl methyl sites for hydroxylation is 1. The first-order valence-corrected chi connectivity index (χ1v) is 6.26. The van der Waals surface area contributed by atoms with Crippen molar-refractivity contribution in [2.24, 2.45) is 10.7 Å². The molecule has 108 valence electrons. The van der Waals surface area contributed by atoms with Crippen LogP contribution < -0.4 is 11.1 Å². The molecule has 0 amide bonds. The van der Waals surface area contributed by atoms with Gasteiger partial charge >= 0.3 is 0 Å². The van der Waals surface area contributed by atoms with E-state index in [-0.39, 0.29) is 24.0 Å². The number of hydrogen-bond acceptors (Lipinski definition) is 3. The van der Waals surface area contributed by atoms with Crippen LogP contribution in [0.4, 0.5) is 5.69 Å². The number of anilines is 1. The lowest BCUT2D eigenvalue weighted by atomic mass is 10.1. The number of halogens is 1. The monoisotopic (exact) mass is 386 g/mol. The molecule has 6 nitrogen and oxygen atoms in total. The van der Waals surface area contributed by atoms with Crippen molar-refractivity contribution in [2.75, 3.05) is 11.9 Å². The molecule has 0 aliphatic carbocycles. The highest BCUT2D eigenvalue weighted by Crippen LogP contribution is 2.10. The Morgan fingerprint density at radius 1 is 1.45 bits per heavy atom. The highest BCUT2D eigenvalue weighted by Gasteiger charge is 1.96. The Labute approximate surface area is 135 Å². The average Bonchev–Trinajstić information content (AvgIpc) is 2.92. The lowest BCUT2D eigenvalue weighted by Crippen LogP contribution is -2.23. The fourth-order valence-electron chi connectivity index (χ4n) is 1.68. The number of aromatic nitrogens is 3. The average molecular weight is 386 g/mol. The molecule has 3 N–H and O–H groups in total. The van der Waals surface area contributed by atoms with Crippen molar-refractivity contribution in [2.45, 2.75) is 19.9 Å². The molecule has 1 heterocycles. The standard InChI is InChI=1S/C13H18N6.HI/c1-2-11-4-3-5-12(8-11)18-13(14)16-6-7-19-10-15-9-17-19;/h3-5,8-10H,2,6-7H2,1H3,(H3,14,16,18);1H. The molecule has 1 aromatic heterocycles. The number of rotatable bonds is 5. The van der Waals surface area contributed by atoms with Crippen LogP contribution in [-0.4, -0.2) is 27.3 Å². The van der Waals surface area contributed by atoms with E-state index in [0.29, 0.717) is 19.0 Å². The van der Waals surface area contributed by atoms with Crippen LogP contribution in [0, 0.1) is 0 Å². The Hall–Kier alpha value is -1.64. The number of nitrogens with two attached hydrogens (primary N) is 1. The summed E-state index contributed by atoms with van der Waals surface area (Å²) < 4.78 is 1.72. The molecule has 7 heteroatoms. The predicted molar refractivity (Wildman–Crippen MR) is 91.4 cm³/mol. The lowest BCUT2D eigenvalue weighted by molar-refractivity contribution is 0.624. The van der Waals surface area contributed by atoms with E-state index in [9.17, 15) is 0 Å². The maximum absolute atomic E-state index is 5.83. The Morgan fingerprint density at radius 2 is 2.30 bits per heavy atom. The van der Waals surface area contributed by atoms with Crippen LogP contribution in [0.2, 0.25) is 0 Å². The second-order valence-corrected chi connectivity index (χ2v) is 4.10. The molecule has 0 fully saturated rings. The minimum atomic E-state index is 0. The van der Waals surface area contributed by atoms with Gasteiger partial charge in [-0.3, -0.25) is 9.67 Å². The number of nitrogens with zero attached hydrogens (tertiary/aromatic N) is 4. The minimum absolute atomic E-state index is 0. The van der Waals surface area contributed by atoms with Crippen molar-refractivity contribution in [3.8, 4) is 0 Å². The van der Waals surface area contributed by atoms with Gasteiger partial charge in [0.2, 0.25) is 0 Å². The molecule has 0 spiro atoms. The normalized spacial score (nSPS) is 10.9. The van der Waals surface area contributed by atoms with Crippen LogP contribution in [0.15, 0.2) is 41.9 Å². The molecule has 0 saturated heterocycles. The van der Waals surface area contributed by atoms with Crippen LogP contribution in [-0.2, 0) is 13.0 Å². The molecule has 0 unspecified atom stereocenters. The van der Waals surface area contributed by atoms with Gasteiger partial charge in [0, 0.05) is 5.69 Å². The van der Waals surface area contributed by atoms with Crippen LogP contribution in [0.3, 0.4) is 0 Å². The van der Waals surface area contributed by atoms with E-state index in [1.165, 1.54) is 11.9 Å². The summed E-state index contributed by atoms with van der Waals surface area (Å²) in [6.45, 7) is 3.35. The minimum Gasteiger partial charge on any atom is -0.370 e. The fraction of sp³-hybridized carbons (Fsp3) is 0.308. The van der Waals surface area contributed by atoms with E-state index in [1.807, 2.05) is 12.1 Å². The summed E-state index contributed by atoms with van der Waals surface area (Å²) in [6.07, 6.45) is 4.16. The van der Waals surface area contributed by atoms with E-state index in [0.717, 1.165) is 12.1 Å². The van der Waals surface area contributed by atoms with Crippen LogP contribution in [0.5, 0.6) is 0 Å². The molecular weight excluding hydrogens is 367 g/mol. The third-order valence-corrected chi connectivity index (χ3v) is 2.69. The molecule has 1 aromatic carbocycles. The Bertz CT molecular complexity index is 538. The van der Waals surface area contributed by atoms with Gasteiger partial charge in [0.15, 0.2) is 5.96 Å². The third-order valence-electron chi connectivity index (χ3n) is 2.69. The van der Waals surface area contributed by atoms with Gasteiger partial charge in [-0.25, -0.2) is 4.98 Å². The van der Waals surface area contributed by atoms with Gasteiger partial charge in [0.05, 0.1) is 13.1 Å². The molecule has 0 saturated carbocycles. The van der Waals surface area contributed by atoms with E-state index in [4.69, 9.17) is 5.73 Å². The first-order chi connectivity index (χ1) is 9.28. The van der Waals surface area contributed by atoms with Crippen molar-refractivity contribution in [3.63, 3.8) is 0 Å². The van der Waals surface area contributed by atoms with Crippen molar-refractivity contribution < 1.29 is 0 Å². The molecule has 0 aliphatic heterocycles. The Balaban J connectivity index is 0.00000200. The van der Waals surface area contributed by atoms with E-state index >= 15 is 0 Å². The van der Waals surface area contributed by atoms with Gasteiger partial charge in [-0.1, -0.05) is 19.1 Å². The zero-order chi connectivity index (χ0) is 13.5. The molecule has 0 atom stereocenters. The number of aliphatic imine (C=N–C) groups is 1. The topological polar surface area (TPSA) is 81.1 Å². The van der Waals surface area contributed by atoms with Crippen molar-refractivity contribution in [1.82, 2.24) is 14.8 Å². The van der Waals surface area contributed by atoms with E-state index in [2.05, 4.69) is 39.4 Å². The summed E-state index contributed by atoms with van der Waals surface area (Å²) in [4.78, 5) is 8.11. The highest BCUT2D eigenvalue weighted by atomic mass is 127. The fourth-order valence-corrected chi connectivity index (χ4v) is 1.68. The summed E-state index contributed by atoms with van der Waals surface area (Å²) >= 11 is 0. The zero-order valence-electron chi connectivity index (χ0n) is 11.4. The number of hydrogen-bond donors (Lipinski definition) is 2. The van der Waals surface area contributed by atoms with E-state index < -0.39 is 0 Å². The second kappa shape index (κ2) is 8.51. The molecular formula is C13H19IN6. The van der Waals surface area contributed by atoms with Crippen LogP contribution >= 0.6 is 24.0 Å². The van der Waals surface area contributed by atoms with Gasteiger partial charge in [-0.2, -0.15) is 5.10 Å². The SMILES string of the molecule is CCc1cccc(NC(N)=NCCn2cncn2)c1.I. The Morgan fingerprint density at radius 3 is 3.00 bits per heavy atom. The molecule has 20 heavy (non-hydrogen) atoms. The van der Waals surface area contributed by atoms with Crippen molar-refractivity contribution >= 4 is 35.6 Å². The molecule has 0 bridgehead atoms. The van der Waals surface area contributed by atoms with Crippen molar-refractivity contribution in [1.29, 1.82) is 0 Å². The summed E-state index contributed by atoms with van der Waals surface area (Å²) in [7, 11) is 0. The summed E-state index contributed by atoms with van der Waals surface area (Å²) in [6, 6.07) is 8.13. The summed E-state index contributed by atoms with van der Waals surface area (Å²) in [5.74, 6) is 0.411. The van der Waals surface area contributed by atoms with Crippen molar-refractivity contribution in [3.05, 3.63) is 42.5 Å². The van der Waals surface area contributed by atoms with Gasteiger partial charge in [0.25, 0.3) is 0 Å². The molecule has 0 aliphatic rings. The Kier molecular flexibility index (Phi) is 6.99. The largest absolute Gasteiger partial charge is 0.370 e. The van der Waals surface area contributed by atoms with E-state index in [1.54, 1.807) is 11.0 Å². The predicted octanol–water partition coefficient (Wildman–Crippen LogP) is 1.89. The maximum Gasteiger partial charge on any atom is 0.193 e. The first kappa shape index (κ1) is 16.4. The smallest absolute Gasteiger partial charge is 0.193 e. The van der Waals surface area contributed by atoms with Crippen LogP contribution in [0.1, 0.15) is 12.5 Å². The van der Waals surface area contributed by atoms with Gasteiger partial charge < -0.3 is 11.1 Å². The first-order valence-electron chi connectivity index (χ1n) is 6.26.